The van der Waals surface area contributed by atoms with Gasteiger partial charge in [-0.25, -0.2) is 0 Å². The van der Waals surface area contributed by atoms with Crippen LogP contribution in [0.25, 0.3) is 0 Å². The number of rotatable bonds is 6. The molecular formula is C16H23N3O. The molecule has 1 heterocycles. The van der Waals surface area contributed by atoms with E-state index in [4.69, 9.17) is 10.3 Å². The lowest BCUT2D eigenvalue weighted by Gasteiger charge is -2.28. The molecule has 4 nitrogen and oxygen atoms in total. The van der Waals surface area contributed by atoms with E-state index in [1.165, 1.54) is 5.56 Å². The van der Waals surface area contributed by atoms with Gasteiger partial charge in [0.2, 0.25) is 5.89 Å². The van der Waals surface area contributed by atoms with Crippen LogP contribution < -0.4 is 5.73 Å². The van der Waals surface area contributed by atoms with Crippen molar-refractivity contribution in [1.82, 2.24) is 10.1 Å². The van der Waals surface area contributed by atoms with Crippen molar-refractivity contribution >= 4 is 0 Å². The highest BCUT2D eigenvalue weighted by Gasteiger charge is 2.35. The van der Waals surface area contributed by atoms with E-state index >= 15 is 0 Å². The van der Waals surface area contributed by atoms with Gasteiger partial charge >= 0.3 is 0 Å². The highest BCUT2D eigenvalue weighted by Crippen LogP contribution is 2.37. The lowest BCUT2D eigenvalue weighted by molar-refractivity contribution is 0.342. The summed E-state index contributed by atoms with van der Waals surface area (Å²) >= 11 is 0. The van der Waals surface area contributed by atoms with Gasteiger partial charge in [-0.1, -0.05) is 56.3 Å². The van der Waals surface area contributed by atoms with E-state index in [0.717, 1.165) is 18.7 Å². The van der Waals surface area contributed by atoms with Crippen molar-refractivity contribution in [2.45, 2.75) is 44.9 Å². The van der Waals surface area contributed by atoms with Crippen LogP contribution in [-0.4, -0.2) is 16.7 Å². The van der Waals surface area contributed by atoms with Gasteiger partial charge in [-0.2, -0.15) is 4.98 Å². The Morgan fingerprint density at radius 2 is 1.85 bits per heavy atom. The molecule has 0 fully saturated rings. The zero-order valence-electron chi connectivity index (χ0n) is 12.5. The summed E-state index contributed by atoms with van der Waals surface area (Å²) in [5, 5.41) is 4.23. The van der Waals surface area contributed by atoms with E-state index in [0.29, 0.717) is 12.4 Å². The summed E-state index contributed by atoms with van der Waals surface area (Å²) in [4.78, 5) is 4.61. The molecule has 0 amide bonds. The fourth-order valence-electron chi connectivity index (χ4n) is 2.59. The molecule has 2 aromatic rings. The van der Waals surface area contributed by atoms with Crippen molar-refractivity contribution < 1.29 is 4.52 Å². The first-order valence-corrected chi connectivity index (χ1v) is 7.27. The minimum absolute atomic E-state index is 0.0958. The number of aromatic nitrogens is 2. The Kier molecular flexibility index (Phi) is 4.55. The van der Waals surface area contributed by atoms with Crippen LogP contribution in [0, 0.1) is 0 Å². The molecule has 2 N–H and O–H groups in total. The Hall–Kier alpha value is -1.68. The van der Waals surface area contributed by atoms with Gasteiger partial charge in [0, 0.05) is 12.5 Å². The van der Waals surface area contributed by atoms with Crippen LogP contribution in [0.3, 0.4) is 0 Å². The van der Waals surface area contributed by atoms with Crippen molar-refractivity contribution in [2.24, 2.45) is 5.73 Å². The summed E-state index contributed by atoms with van der Waals surface area (Å²) in [5.74, 6) is 1.49. The maximum absolute atomic E-state index is 5.67. The second-order valence-electron chi connectivity index (χ2n) is 5.25. The molecule has 1 atom stereocenters. The first-order valence-electron chi connectivity index (χ1n) is 7.27. The van der Waals surface area contributed by atoms with Gasteiger partial charge in [-0.15, -0.1) is 0 Å². The van der Waals surface area contributed by atoms with E-state index in [-0.39, 0.29) is 11.3 Å². The lowest BCUT2D eigenvalue weighted by Crippen LogP contribution is -2.27. The standard InChI is InChI=1S/C16H23N3O/c1-4-16(5-2,13-9-7-6-8-10-13)15-18-14(20-19-15)12(3)11-17/h6-10,12H,4-5,11,17H2,1-3H3. The summed E-state index contributed by atoms with van der Waals surface area (Å²) in [7, 11) is 0. The monoisotopic (exact) mass is 273 g/mol. The zero-order valence-corrected chi connectivity index (χ0v) is 12.5. The first-order chi connectivity index (χ1) is 9.67. The fourth-order valence-corrected chi connectivity index (χ4v) is 2.59. The Morgan fingerprint density at radius 3 is 2.40 bits per heavy atom. The van der Waals surface area contributed by atoms with Crippen molar-refractivity contribution in [3.05, 3.63) is 47.6 Å². The minimum atomic E-state index is -0.183. The second-order valence-corrected chi connectivity index (χ2v) is 5.25. The van der Waals surface area contributed by atoms with Gasteiger partial charge in [0.05, 0.1) is 5.41 Å². The van der Waals surface area contributed by atoms with Crippen LogP contribution in [-0.2, 0) is 5.41 Å². The summed E-state index contributed by atoms with van der Waals surface area (Å²) in [6.07, 6.45) is 1.87. The highest BCUT2D eigenvalue weighted by atomic mass is 16.5. The Bertz CT molecular complexity index is 532. The topological polar surface area (TPSA) is 64.9 Å². The van der Waals surface area contributed by atoms with Gasteiger partial charge in [0.15, 0.2) is 5.82 Å². The molecule has 0 aliphatic rings. The molecular weight excluding hydrogens is 250 g/mol. The third-order valence-electron chi connectivity index (χ3n) is 4.18. The van der Waals surface area contributed by atoms with Gasteiger partial charge < -0.3 is 10.3 Å². The molecule has 1 aromatic carbocycles. The number of nitrogens with zero attached hydrogens (tertiary/aromatic N) is 2. The minimum Gasteiger partial charge on any atom is -0.339 e. The highest BCUT2D eigenvalue weighted by molar-refractivity contribution is 5.32. The third kappa shape index (κ3) is 2.48. The Balaban J connectivity index is 2.46. The van der Waals surface area contributed by atoms with E-state index < -0.39 is 0 Å². The normalized spacial score (nSPS) is 13.4. The summed E-state index contributed by atoms with van der Waals surface area (Å²) in [5.41, 5.74) is 6.72. The predicted octanol–water partition coefficient (Wildman–Crippen LogP) is 3.24. The molecule has 0 aliphatic heterocycles. The number of benzene rings is 1. The predicted molar refractivity (Wildman–Crippen MR) is 79.6 cm³/mol. The Labute approximate surface area is 120 Å². The molecule has 4 heteroatoms. The molecule has 1 aromatic heterocycles. The van der Waals surface area contributed by atoms with Gasteiger partial charge in [0.25, 0.3) is 0 Å². The van der Waals surface area contributed by atoms with Gasteiger partial charge in [0.1, 0.15) is 0 Å². The maximum Gasteiger partial charge on any atom is 0.230 e. The van der Waals surface area contributed by atoms with Crippen LogP contribution >= 0.6 is 0 Å². The molecule has 0 saturated carbocycles. The smallest absolute Gasteiger partial charge is 0.230 e. The Morgan fingerprint density at radius 1 is 1.20 bits per heavy atom. The van der Waals surface area contributed by atoms with Gasteiger partial charge in [-0.3, -0.25) is 0 Å². The van der Waals surface area contributed by atoms with Gasteiger partial charge in [-0.05, 0) is 18.4 Å². The van der Waals surface area contributed by atoms with Crippen LogP contribution in [0.5, 0.6) is 0 Å². The molecule has 0 radical (unpaired) electrons. The zero-order chi connectivity index (χ0) is 14.6. The average Bonchev–Trinajstić information content (AvgIpc) is 3.00. The number of hydrogen-bond donors (Lipinski definition) is 1. The number of nitrogens with two attached hydrogens (primary N) is 1. The molecule has 1 unspecified atom stereocenters. The van der Waals surface area contributed by atoms with Crippen LogP contribution in [0.4, 0.5) is 0 Å². The molecule has 0 saturated heterocycles. The first kappa shape index (κ1) is 14.7. The quantitative estimate of drug-likeness (QED) is 0.877. The summed E-state index contributed by atoms with van der Waals surface area (Å²) in [6, 6.07) is 10.4. The molecule has 20 heavy (non-hydrogen) atoms. The molecule has 108 valence electrons. The molecule has 0 aliphatic carbocycles. The largest absolute Gasteiger partial charge is 0.339 e. The van der Waals surface area contributed by atoms with Crippen LogP contribution in [0.15, 0.2) is 34.9 Å². The van der Waals surface area contributed by atoms with Crippen LogP contribution in [0.2, 0.25) is 0 Å². The molecule has 0 bridgehead atoms. The lowest BCUT2D eigenvalue weighted by atomic mass is 9.75. The number of hydrogen-bond acceptors (Lipinski definition) is 4. The van der Waals surface area contributed by atoms with E-state index in [2.05, 4.69) is 48.3 Å². The van der Waals surface area contributed by atoms with Crippen molar-refractivity contribution in [3.63, 3.8) is 0 Å². The second kappa shape index (κ2) is 6.18. The van der Waals surface area contributed by atoms with Crippen molar-refractivity contribution in [1.29, 1.82) is 0 Å². The van der Waals surface area contributed by atoms with Crippen molar-refractivity contribution in [3.8, 4) is 0 Å². The SMILES string of the molecule is CCC(CC)(c1ccccc1)c1noc(C(C)CN)n1. The summed E-state index contributed by atoms with van der Waals surface area (Å²) < 4.78 is 5.41. The average molecular weight is 273 g/mol. The van der Waals surface area contributed by atoms with E-state index in [9.17, 15) is 0 Å². The maximum atomic E-state index is 5.67. The molecule has 0 spiro atoms. The van der Waals surface area contributed by atoms with Crippen molar-refractivity contribution in [2.75, 3.05) is 6.54 Å². The molecule has 2 rings (SSSR count). The van der Waals surface area contributed by atoms with E-state index in [1.54, 1.807) is 0 Å². The third-order valence-corrected chi connectivity index (χ3v) is 4.18. The summed E-state index contributed by atoms with van der Waals surface area (Å²) in [6.45, 7) is 6.84. The van der Waals surface area contributed by atoms with E-state index in [1.807, 2.05) is 13.0 Å². The fraction of sp³-hybridized carbons (Fsp3) is 0.500. The van der Waals surface area contributed by atoms with Crippen LogP contribution in [0.1, 0.15) is 56.8 Å².